The lowest BCUT2D eigenvalue weighted by atomic mass is 10.0. The highest BCUT2D eigenvalue weighted by Gasteiger charge is 2.14. The zero-order chi connectivity index (χ0) is 17.8. The van der Waals surface area contributed by atoms with Crippen LogP contribution in [0.2, 0.25) is 0 Å². The van der Waals surface area contributed by atoms with E-state index in [1.54, 1.807) is 30.5 Å². The fourth-order valence-corrected chi connectivity index (χ4v) is 2.94. The van der Waals surface area contributed by atoms with Crippen LogP contribution in [0.25, 0.3) is 11.3 Å². The molecular formula is C19H13BrN2O3. The minimum atomic E-state index is -1.04. The zero-order valence-electron chi connectivity index (χ0n) is 12.9. The predicted octanol–water partition coefficient (Wildman–Crippen LogP) is 4.46. The molecule has 0 bridgehead atoms. The number of anilines is 1. The number of benzene rings is 2. The molecule has 1 heterocycles. The van der Waals surface area contributed by atoms with Crippen molar-refractivity contribution in [2.45, 2.75) is 0 Å². The summed E-state index contributed by atoms with van der Waals surface area (Å²) in [4.78, 5) is 28.0. The molecule has 0 radical (unpaired) electrons. The van der Waals surface area contributed by atoms with E-state index in [1.165, 1.54) is 6.07 Å². The Balaban J connectivity index is 1.90. The fourth-order valence-electron chi connectivity index (χ4n) is 2.39. The highest BCUT2D eigenvalue weighted by atomic mass is 79.9. The van der Waals surface area contributed by atoms with E-state index in [0.29, 0.717) is 21.4 Å². The second-order valence-corrected chi connectivity index (χ2v) is 6.07. The predicted molar refractivity (Wildman–Crippen MR) is 98.7 cm³/mol. The largest absolute Gasteiger partial charge is 0.478 e. The Bertz CT molecular complexity index is 942. The summed E-state index contributed by atoms with van der Waals surface area (Å²) in [5.74, 6) is -1.33. The Kier molecular flexibility index (Phi) is 4.90. The third-order valence-electron chi connectivity index (χ3n) is 3.57. The summed E-state index contributed by atoms with van der Waals surface area (Å²) in [6.45, 7) is 0. The molecule has 124 valence electrons. The molecule has 0 fully saturated rings. The van der Waals surface area contributed by atoms with Crippen LogP contribution >= 0.6 is 15.9 Å². The molecule has 0 unspecified atom stereocenters. The van der Waals surface area contributed by atoms with Crippen LogP contribution < -0.4 is 5.32 Å². The van der Waals surface area contributed by atoms with E-state index in [9.17, 15) is 9.59 Å². The highest BCUT2D eigenvalue weighted by molar-refractivity contribution is 9.10. The van der Waals surface area contributed by atoms with Crippen LogP contribution in [0, 0.1) is 0 Å². The van der Waals surface area contributed by atoms with E-state index in [2.05, 4.69) is 26.2 Å². The van der Waals surface area contributed by atoms with Gasteiger partial charge in [0.15, 0.2) is 0 Å². The van der Waals surface area contributed by atoms with E-state index in [1.807, 2.05) is 30.3 Å². The average molecular weight is 397 g/mol. The number of carboxylic acids is 1. The molecule has 0 saturated heterocycles. The summed E-state index contributed by atoms with van der Waals surface area (Å²) in [7, 11) is 0. The molecule has 6 heteroatoms. The van der Waals surface area contributed by atoms with Crippen molar-refractivity contribution in [3.8, 4) is 11.3 Å². The summed E-state index contributed by atoms with van der Waals surface area (Å²) < 4.78 is 0.399. The van der Waals surface area contributed by atoms with Gasteiger partial charge in [-0.3, -0.25) is 9.78 Å². The molecule has 0 aliphatic carbocycles. The summed E-state index contributed by atoms with van der Waals surface area (Å²) in [6.07, 6.45) is 1.67. The van der Waals surface area contributed by atoms with Gasteiger partial charge in [0.2, 0.25) is 0 Å². The van der Waals surface area contributed by atoms with Gasteiger partial charge in [-0.1, -0.05) is 24.3 Å². The standard InChI is InChI=1S/C19H13BrN2O3/c20-16-11-12(8-9-15(16)19(24)25)22-18(23)14-6-2-1-5-13(14)17-7-3-4-10-21-17/h1-11H,(H,22,23)(H,24,25). The lowest BCUT2D eigenvalue weighted by Gasteiger charge is -2.10. The van der Waals surface area contributed by atoms with Crippen molar-refractivity contribution in [2.24, 2.45) is 0 Å². The number of halogens is 1. The molecule has 2 N–H and O–H groups in total. The number of carboxylic acid groups (broad SMARTS) is 1. The molecule has 2 aromatic carbocycles. The maximum atomic E-state index is 12.7. The van der Waals surface area contributed by atoms with Gasteiger partial charge in [-0.2, -0.15) is 0 Å². The molecule has 5 nitrogen and oxygen atoms in total. The molecule has 25 heavy (non-hydrogen) atoms. The van der Waals surface area contributed by atoms with Gasteiger partial charge in [0, 0.05) is 27.5 Å². The Labute approximate surface area is 152 Å². The molecule has 1 aromatic heterocycles. The van der Waals surface area contributed by atoms with Gasteiger partial charge in [-0.25, -0.2) is 4.79 Å². The van der Waals surface area contributed by atoms with Crippen molar-refractivity contribution in [3.05, 3.63) is 82.5 Å². The summed E-state index contributed by atoms with van der Waals surface area (Å²) >= 11 is 3.20. The molecule has 3 aromatic rings. The van der Waals surface area contributed by atoms with Gasteiger partial charge in [-0.15, -0.1) is 0 Å². The monoisotopic (exact) mass is 396 g/mol. The van der Waals surface area contributed by atoms with Gasteiger partial charge in [0.1, 0.15) is 0 Å². The van der Waals surface area contributed by atoms with E-state index in [-0.39, 0.29) is 11.5 Å². The molecule has 0 saturated carbocycles. The second kappa shape index (κ2) is 7.27. The molecule has 0 spiro atoms. The van der Waals surface area contributed by atoms with Crippen LogP contribution in [0.4, 0.5) is 5.69 Å². The zero-order valence-corrected chi connectivity index (χ0v) is 14.5. The average Bonchev–Trinajstić information content (AvgIpc) is 2.62. The van der Waals surface area contributed by atoms with E-state index in [0.717, 1.165) is 5.56 Å². The number of hydrogen-bond acceptors (Lipinski definition) is 3. The quantitative estimate of drug-likeness (QED) is 0.681. The van der Waals surface area contributed by atoms with Crippen LogP contribution in [0.15, 0.2) is 71.3 Å². The van der Waals surface area contributed by atoms with Crippen LogP contribution in [0.3, 0.4) is 0 Å². The normalized spacial score (nSPS) is 10.3. The number of carbonyl (C=O) groups is 2. The Morgan fingerprint density at radius 2 is 1.72 bits per heavy atom. The number of aromatic nitrogens is 1. The van der Waals surface area contributed by atoms with Crippen LogP contribution in [-0.2, 0) is 0 Å². The minimum Gasteiger partial charge on any atom is -0.478 e. The summed E-state index contributed by atoms with van der Waals surface area (Å²) in [5.41, 5.74) is 2.54. The van der Waals surface area contributed by atoms with Gasteiger partial charge < -0.3 is 10.4 Å². The van der Waals surface area contributed by atoms with Crippen molar-refractivity contribution in [1.29, 1.82) is 0 Å². The van der Waals surface area contributed by atoms with E-state index < -0.39 is 5.97 Å². The highest BCUT2D eigenvalue weighted by Crippen LogP contribution is 2.25. The topological polar surface area (TPSA) is 79.3 Å². The van der Waals surface area contributed by atoms with Crippen molar-refractivity contribution in [3.63, 3.8) is 0 Å². The van der Waals surface area contributed by atoms with Crippen molar-refractivity contribution in [2.75, 3.05) is 5.32 Å². The summed E-state index contributed by atoms with van der Waals surface area (Å²) in [5, 5.41) is 11.8. The first kappa shape index (κ1) is 16.9. The Morgan fingerprint density at radius 3 is 2.40 bits per heavy atom. The van der Waals surface area contributed by atoms with Gasteiger partial charge in [0.25, 0.3) is 5.91 Å². The summed E-state index contributed by atoms with van der Waals surface area (Å²) in [6, 6.07) is 17.2. The number of pyridine rings is 1. The number of aromatic carboxylic acids is 1. The lowest BCUT2D eigenvalue weighted by molar-refractivity contribution is 0.0695. The van der Waals surface area contributed by atoms with Crippen molar-refractivity contribution in [1.82, 2.24) is 4.98 Å². The number of amides is 1. The maximum absolute atomic E-state index is 12.7. The van der Waals surface area contributed by atoms with Crippen molar-refractivity contribution >= 4 is 33.5 Å². The molecule has 0 atom stereocenters. The minimum absolute atomic E-state index is 0.131. The molecule has 1 amide bonds. The number of hydrogen-bond donors (Lipinski definition) is 2. The van der Waals surface area contributed by atoms with Gasteiger partial charge >= 0.3 is 5.97 Å². The third kappa shape index (κ3) is 3.75. The first-order valence-corrected chi connectivity index (χ1v) is 8.20. The van der Waals surface area contributed by atoms with Crippen LogP contribution in [0.1, 0.15) is 20.7 Å². The number of nitrogens with one attached hydrogen (secondary N) is 1. The van der Waals surface area contributed by atoms with E-state index >= 15 is 0 Å². The molecule has 0 aliphatic rings. The van der Waals surface area contributed by atoms with E-state index in [4.69, 9.17) is 5.11 Å². The first-order chi connectivity index (χ1) is 12.1. The molecule has 3 rings (SSSR count). The SMILES string of the molecule is O=C(O)c1ccc(NC(=O)c2ccccc2-c2ccccn2)cc1Br. The number of rotatable bonds is 4. The van der Waals surface area contributed by atoms with Crippen LogP contribution in [0.5, 0.6) is 0 Å². The smallest absolute Gasteiger partial charge is 0.336 e. The third-order valence-corrected chi connectivity index (χ3v) is 4.23. The van der Waals surface area contributed by atoms with Gasteiger partial charge in [-0.05, 0) is 52.3 Å². The first-order valence-electron chi connectivity index (χ1n) is 7.41. The van der Waals surface area contributed by atoms with Crippen molar-refractivity contribution < 1.29 is 14.7 Å². The Hall–Kier alpha value is -2.99. The molecule has 0 aliphatic heterocycles. The Morgan fingerprint density at radius 1 is 0.960 bits per heavy atom. The lowest BCUT2D eigenvalue weighted by Crippen LogP contribution is -2.13. The maximum Gasteiger partial charge on any atom is 0.336 e. The van der Waals surface area contributed by atoms with Gasteiger partial charge in [0.05, 0.1) is 11.3 Å². The molecular weight excluding hydrogens is 384 g/mol. The van der Waals surface area contributed by atoms with Crippen LogP contribution in [-0.4, -0.2) is 22.0 Å². The second-order valence-electron chi connectivity index (χ2n) is 5.21. The fraction of sp³-hybridized carbons (Fsp3) is 0. The number of nitrogens with zero attached hydrogens (tertiary/aromatic N) is 1. The number of carbonyl (C=O) groups excluding carboxylic acids is 1.